The minimum Gasteiger partial charge on any atom is -0.491 e. The number of alkyl halides is 3. The van der Waals surface area contributed by atoms with Crippen molar-refractivity contribution in [2.24, 2.45) is 5.92 Å². The van der Waals surface area contributed by atoms with E-state index >= 15 is 0 Å². The van der Waals surface area contributed by atoms with Crippen LogP contribution < -0.4 is 15.0 Å². The first-order valence-electron chi connectivity index (χ1n) is 9.56. The number of rotatable bonds is 7. The number of benzene rings is 2. The lowest BCUT2D eigenvalue weighted by Crippen LogP contribution is -2.39. The largest absolute Gasteiger partial charge is 0.491 e. The van der Waals surface area contributed by atoms with Crippen molar-refractivity contribution in [3.05, 3.63) is 59.7 Å². The molecule has 6 nitrogen and oxygen atoms in total. The number of nitrogens with one attached hydrogen (secondary N) is 1. The van der Waals surface area contributed by atoms with Crippen LogP contribution in [-0.2, 0) is 15.8 Å². The van der Waals surface area contributed by atoms with Gasteiger partial charge < -0.3 is 20.1 Å². The smallest absolute Gasteiger partial charge is 0.416 e. The molecule has 2 aromatic rings. The molecule has 3 rings (SSSR count). The lowest BCUT2D eigenvalue weighted by molar-refractivity contribution is -0.137. The summed E-state index contributed by atoms with van der Waals surface area (Å²) in [6.45, 7) is -0.768. The Kier molecular flexibility index (Phi) is 6.97. The molecule has 1 saturated heterocycles. The van der Waals surface area contributed by atoms with Crippen LogP contribution in [0.5, 0.6) is 5.75 Å². The Labute approximate surface area is 179 Å². The molecule has 172 valence electrons. The highest BCUT2D eigenvalue weighted by Gasteiger charge is 2.36. The monoisotopic (exact) mass is 458 g/mol. The summed E-state index contributed by atoms with van der Waals surface area (Å²) in [5.74, 6) is -3.72. The van der Waals surface area contributed by atoms with Crippen LogP contribution in [0.2, 0.25) is 0 Å². The molecule has 1 aliphatic rings. The van der Waals surface area contributed by atoms with Gasteiger partial charge >= 0.3 is 6.18 Å². The maximum absolute atomic E-state index is 13.9. The fraction of sp³-hybridized carbons (Fsp3) is 0.333. The summed E-state index contributed by atoms with van der Waals surface area (Å²) in [6.07, 6.45) is -5.95. The lowest BCUT2D eigenvalue weighted by Gasteiger charge is -2.18. The molecule has 0 aliphatic carbocycles. The number of aliphatic hydroxyl groups excluding tert-OH is 1. The van der Waals surface area contributed by atoms with Crippen LogP contribution in [0.25, 0.3) is 0 Å². The van der Waals surface area contributed by atoms with Gasteiger partial charge in [0.2, 0.25) is 11.8 Å². The van der Waals surface area contributed by atoms with Crippen molar-refractivity contribution in [2.45, 2.75) is 18.7 Å². The molecule has 2 aromatic carbocycles. The van der Waals surface area contributed by atoms with E-state index in [0.717, 1.165) is 29.2 Å². The molecule has 2 unspecified atom stereocenters. The van der Waals surface area contributed by atoms with Gasteiger partial charge in [-0.3, -0.25) is 9.59 Å². The highest BCUT2D eigenvalue weighted by molar-refractivity contribution is 6.00. The van der Waals surface area contributed by atoms with Crippen molar-refractivity contribution in [1.29, 1.82) is 0 Å². The first kappa shape index (κ1) is 23.5. The van der Waals surface area contributed by atoms with Gasteiger partial charge in [-0.15, -0.1) is 0 Å². The number of carbonyl (C=O) groups is 2. The van der Waals surface area contributed by atoms with Crippen molar-refractivity contribution in [3.63, 3.8) is 0 Å². The molecular formula is C21H19F5N2O4. The number of halogens is 5. The third-order valence-corrected chi connectivity index (χ3v) is 4.81. The molecule has 0 aromatic heterocycles. The molecule has 2 amide bonds. The number of amides is 2. The molecule has 0 radical (unpaired) electrons. The van der Waals surface area contributed by atoms with Gasteiger partial charge in [0.1, 0.15) is 30.1 Å². The van der Waals surface area contributed by atoms with Crippen LogP contribution in [-0.4, -0.2) is 42.7 Å². The molecule has 1 aliphatic heterocycles. The van der Waals surface area contributed by atoms with Crippen LogP contribution in [0, 0.1) is 17.6 Å². The lowest BCUT2D eigenvalue weighted by atomic mass is 10.1. The van der Waals surface area contributed by atoms with Crippen LogP contribution >= 0.6 is 0 Å². The molecule has 11 heteroatoms. The summed E-state index contributed by atoms with van der Waals surface area (Å²) < 4.78 is 70.3. The van der Waals surface area contributed by atoms with Crippen LogP contribution in [0.15, 0.2) is 42.5 Å². The zero-order valence-electron chi connectivity index (χ0n) is 16.5. The molecule has 32 heavy (non-hydrogen) atoms. The predicted molar refractivity (Wildman–Crippen MR) is 103 cm³/mol. The molecule has 2 N–H and O–H groups in total. The van der Waals surface area contributed by atoms with Gasteiger partial charge in [0.25, 0.3) is 0 Å². The van der Waals surface area contributed by atoms with Crippen LogP contribution in [0.1, 0.15) is 12.0 Å². The Hall–Kier alpha value is -3.21. The fourth-order valence-electron chi connectivity index (χ4n) is 3.19. The Balaban J connectivity index is 1.49. The third kappa shape index (κ3) is 5.72. The second-order valence-electron chi connectivity index (χ2n) is 7.24. The van der Waals surface area contributed by atoms with E-state index in [0.29, 0.717) is 6.07 Å². The molecule has 0 spiro atoms. The highest BCUT2D eigenvalue weighted by Crippen LogP contribution is 2.31. The van der Waals surface area contributed by atoms with Crippen molar-refractivity contribution in [3.8, 4) is 5.75 Å². The van der Waals surface area contributed by atoms with Gasteiger partial charge in [-0.2, -0.15) is 13.2 Å². The van der Waals surface area contributed by atoms with E-state index in [1.54, 1.807) is 0 Å². The summed E-state index contributed by atoms with van der Waals surface area (Å²) in [5.41, 5.74) is -1.04. The topological polar surface area (TPSA) is 78.9 Å². The SMILES string of the molecule is O=C(NCC(O)COc1cccc(C(F)(F)F)c1)C1CC(=O)N(c2ccc(F)cc2F)C1. The van der Waals surface area contributed by atoms with Crippen LogP contribution in [0.3, 0.4) is 0 Å². The molecule has 2 atom stereocenters. The number of carbonyl (C=O) groups excluding carboxylic acids is 2. The number of ether oxygens (including phenoxy) is 1. The van der Waals surface area contributed by atoms with E-state index in [9.17, 15) is 36.6 Å². The van der Waals surface area contributed by atoms with Gasteiger partial charge in [0.15, 0.2) is 0 Å². The minimum absolute atomic E-state index is 0.0939. The number of hydrogen-bond donors (Lipinski definition) is 2. The van der Waals surface area contributed by atoms with Gasteiger partial charge in [-0.1, -0.05) is 6.07 Å². The van der Waals surface area contributed by atoms with Crippen molar-refractivity contribution in [1.82, 2.24) is 5.32 Å². The van der Waals surface area contributed by atoms with Gasteiger partial charge in [-0.25, -0.2) is 8.78 Å². The average molecular weight is 458 g/mol. The number of aliphatic hydroxyl groups is 1. The standard InChI is InChI=1S/C21H19F5N2O4/c22-14-4-5-18(17(23)8-14)28-10-12(6-19(28)30)20(31)27-9-15(29)11-32-16-3-1-2-13(7-16)21(24,25)26/h1-5,7-8,12,15,29H,6,9-11H2,(H,27,31). The maximum Gasteiger partial charge on any atom is 0.416 e. The Morgan fingerprint density at radius 2 is 1.97 bits per heavy atom. The zero-order chi connectivity index (χ0) is 23.5. The van der Waals surface area contributed by atoms with Crippen molar-refractivity contribution < 1.29 is 41.4 Å². The number of anilines is 1. The van der Waals surface area contributed by atoms with E-state index in [2.05, 4.69) is 5.32 Å². The molecule has 0 bridgehead atoms. The van der Waals surface area contributed by atoms with E-state index in [4.69, 9.17) is 4.74 Å². The molecular weight excluding hydrogens is 439 g/mol. The summed E-state index contributed by atoms with van der Waals surface area (Å²) in [6, 6.07) is 6.88. The Bertz CT molecular complexity index is 998. The summed E-state index contributed by atoms with van der Waals surface area (Å²) >= 11 is 0. The van der Waals surface area contributed by atoms with Gasteiger partial charge in [0, 0.05) is 25.6 Å². The fourth-order valence-corrected chi connectivity index (χ4v) is 3.19. The zero-order valence-corrected chi connectivity index (χ0v) is 16.5. The van der Waals surface area contributed by atoms with E-state index < -0.39 is 47.2 Å². The quantitative estimate of drug-likeness (QED) is 0.626. The number of nitrogens with zero attached hydrogens (tertiary/aromatic N) is 1. The molecule has 1 fully saturated rings. The van der Waals surface area contributed by atoms with Crippen molar-refractivity contribution >= 4 is 17.5 Å². The summed E-state index contributed by atoms with van der Waals surface area (Å²) in [4.78, 5) is 25.5. The van der Waals surface area contributed by atoms with Crippen LogP contribution in [0.4, 0.5) is 27.6 Å². The van der Waals surface area contributed by atoms with Crippen molar-refractivity contribution in [2.75, 3.05) is 24.6 Å². The Morgan fingerprint density at radius 3 is 2.66 bits per heavy atom. The van der Waals surface area contributed by atoms with Gasteiger partial charge in [-0.05, 0) is 30.3 Å². The molecule has 1 heterocycles. The molecule has 0 saturated carbocycles. The minimum atomic E-state index is -4.53. The third-order valence-electron chi connectivity index (χ3n) is 4.81. The summed E-state index contributed by atoms with van der Waals surface area (Å²) in [7, 11) is 0. The van der Waals surface area contributed by atoms with E-state index in [1.807, 2.05) is 0 Å². The maximum atomic E-state index is 13.9. The first-order chi connectivity index (χ1) is 15.0. The highest BCUT2D eigenvalue weighted by atomic mass is 19.4. The predicted octanol–water partition coefficient (Wildman–Crippen LogP) is 2.89. The van der Waals surface area contributed by atoms with E-state index in [1.165, 1.54) is 12.1 Å². The normalized spacial score (nSPS) is 17.4. The average Bonchev–Trinajstić information content (AvgIpc) is 3.11. The van der Waals surface area contributed by atoms with Gasteiger partial charge in [0.05, 0.1) is 17.2 Å². The second-order valence-corrected chi connectivity index (χ2v) is 7.24. The second kappa shape index (κ2) is 9.51. The van der Waals surface area contributed by atoms with E-state index in [-0.39, 0.29) is 37.6 Å². The number of hydrogen-bond acceptors (Lipinski definition) is 4. The first-order valence-corrected chi connectivity index (χ1v) is 9.56. The Morgan fingerprint density at radius 1 is 1.22 bits per heavy atom. The summed E-state index contributed by atoms with van der Waals surface area (Å²) in [5, 5.41) is 12.4.